The van der Waals surface area contributed by atoms with E-state index in [-0.39, 0.29) is 5.41 Å². The van der Waals surface area contributed by atoms with Crippen molar-refractivity contribution >= 4 is 0 Å². The molecule has 0 unspecified atom stereocenters. The summed E-state index contributed by atoms with van der Waals surface area (Å²) in [7, 11) is 0. The minimum atomic E-state index is -0.607. The highest BCUT2D eigenvalue weighted by atomic mass is 16.7. The number of allylic oxidation sites excluding steroid dienone is 3. The SMILES string of the molecule is CCOC(C)(C=CC1=C(C)CCCC1(C)C)OCC. The van der Waals surface area contributed by atoms with Gasteiger partial charge in [0.15, 0.2) is 5.79 Å². The Hall–Kier alpha value is -0.600. The van der Waals surface area contributed by atoms with Crippen molar-refractivity contribution in [3.8, 4) is 0 Å². The van der Waals surface area contributed by atoms with Crippen molar-refractivity contribution in [1.29, 1.82) is 0 Å². The van der Waals surface area contributed by atoms with Gasteiger partial charge in [0, 0.05) is 13.2 Å². The maximum Gasteiger partial charge on any atom is 0.185 e. The predicted molar refractivity (Wildman–Crippen MR) is 81.1 cm³/mol. The standard InChI is InChI=1S/C17H30O2/c1-7-18-17(6,19-8-2)13-11-15-14(3)10-9-12-16(15,4)5/h11,13H,7-10,12H2,1-6H3. The average Bonchev–Trinajstić information content (AvgIpc) is 2.28. The van der Waals surface area contributed by atoms with Gasteiger partial charge in [-0.3, -0.25) is 0 Å². The van der Waals surface area contributed by atoms with Crippen LogP contribution in [0.4, 0.5) is 0 Å². The molecule has 0 aliphatic heterocycles. The topological polar surface area (TPSA) is 18.5 Å². The maximum absolute atomic E-state index is 5.73. The van der Waals surface area contributed by atoms with Gasteiger partial charge in [-0.15, -0.1) is 0 Å². The molecule has 0 bridgehead atoms. The summed E-state index contributed by atoms with van der Waals surface area (Å²) < 4.78 is 11.5. The molecule has 0 atom stereocenters. The molecule has 0 radical (unpaired) electrons. The molecule has 0 fully saturated rings. The number of hydrogen-bond donors (Lipinski definition) is 0. The zero-order chi connectivity index (χ0) is 14.5. The predicted octanol–water partition coefficient (Wildman–Crippen LogP) is 4.86. The van der Waals surface area contributed by atoms with Crippen LogP contribution in [0.2, 0.25) is 0 Å². The average molecular weight is 266 g/mol. The summed E-state index contributed by atoms with van der Waals surface area (Å²) in [5, 5.41) is 0. The molecule has 0 N–H and O–H groups in total. The molecule has 0 amide bonds. The van der Waals surface area contributed by atoms with Crippen molar-refractivity contribution < 1.29 is 9.47 Å². The maximum atomic E-state index is 5.73. The van der Waals surface area contributed by atoms with Gasteiger partial charge in [0.05, 0.1) is 0 Å². The zero-order valence-electron chi connectivity index (χ0n) is 13.5. The van der Waals surface area contributed by atoms with Crippen LogP contribution in [0.1, 0.15) is 60.8 Å². The van der Waals surface area contributed by atoms with Crippen LogP contribution in [-0.2, 0) is 9.47 Å². The van der Waals surface area contributed by atoms with E-state index in [4.69, 9.17) is 9.47 Å². The summed E-state index contributed by atoms with van der Waals surface area (Å²) in [6.07, 6.45) is 8.06. The highest BCUT2D eigenvalue weighted by molar-refractivity contribution is 5.33. The van der Waals surface area contributed by atoms with Crippen molar-refractivity contribution in [2.75, 3.05) is 13.2 Å². The van der Waals surface area contributed by atoms with Gasteiger partial charge >= 0.3 is 0 Å². The first-order valence-corrected chi connectivity index (χ1v) is 7.52. The van der Waals surface area contributed by atoms with E-state index in [9.17, 15) is 0 Å². The molecular weight excluding hydrogens is 236 g/mol. The second-order valence-electron chi connectivity index (χ2n) is 6.15. The van der Waals surface area contributed by atoms with E-state index < -0.39 is 5.79 Å². The van der Waals surface area contributed by atoms with Crippen LogP contribution in [-0.4, -0.2) is 19.0 Å². The Morgan fingerprint density at radius 1 is 1.21 bits per heavy atom. The lowest BCUT2D eigenvalue weighted by Gasteiger charge is -2.34. The lowest BCUT2D eigenvalue weighted by atomic mass is 9.72. The second kappa shape index (κ2) is 6.71. The molecule has 0 aromatic carbocycles. The lowest BCUT2D eigenvalue weighted by Crippen LogP contribution is -2.30. The Morgan fingerprint density at radius 2 is 1.79 bits per heavy atom. The van der Waals surface area contributed by atoms with Crippen LogP contribution in [0.5, 0.6) is 0 Å². The summed E-state index contributed by atoms with van der Waals surface area (Å²) >= 11 is 0. The molecule has 1 aliphatic rings. The molecule has 2 nitrogen and oxygen atoms in total. The Bertz CT molecular complexity index is 344. The van der Waals surface area contributed by atoms with E-state index >= 15 is 0 Å². The molecule has 0 aromatic rings. The van der Waals surface area contributed by atoms with Crippen LogP contribution < -0.4 is 0 Å². The van der Waals surface area contributed by atoms with E-state index in [1.807, 2.05) is 20.8 Å². The van der Waals surface area contributed by atoms with Crippen LogP contribution >= 0.6 is 0 Å². The normalized spacial score (nSPS) is 20.3. The van der Waals surface area contributed by atoms with Gasteiger partial charge in [-0.2, -0.15) is 0 Å². The fraction of sp³-hybridized carbons (Fsp3) is 0.765. The highest BCUT2D eigenvalue weighted by Gasteiger charge is 2.28. The number of rotatable bonds is 6. The van der Waals surface area contributed by atoms with E-state index in [2.05, 4.69) is 32.9 Å². The first kappa shape index (κ1) is 16.5. The van der Waals surface area contributed by atoms with E-state index in [0.29, 0.717) is 13.2 Å². The molecule has 1 rings (SSSR count). The summed E-state index contributed by atoms with van der Waals surface area (Å²) in [6.45, 7) is 14.2. The van der Waals surface area contributed by atoms with Gasteiger partial charge in [0.2, 0.25) is 0 Å². The quantitative estimate of drug-likeness (QED) is 0.639. The molecule has 19 heavy (non-hydrogen) atoms. The van der Waals surface area contributed by atoms with Gasteiger partial charge in [-0.05, 0) is 64.0 Å². The summed E-state index contributed by atoms with van der Waals surface area (Å²) in [6, 6.07) is 0. The van der Waals surface area contributed by atoms with Gasteiger partial charge in [-0.25, -0.2) is 0 Å². The van der Waals surface area contributed by atoms with Crippen molar-refractivity contribution in [1.82, 2.24) is 0 Å². The van der Waals surface area contributed by atoms with Crippen molar-refractivity contribution in [3.05, 3.63) is 23.3 Å². The largest absolute Gasteiger partial charge is 0.347 e. The van der Waals surface area contributed by atoms with Crippen LogP contribution in [0.15, 0.2) is 23.3 Å². The molecular formula is C17H30O2. The van der Waals surface area contributed by atoms with Crippen LogP contribution in [0.3, 0.4) is 0 Å². The van der Waals surface area contributed by atoms with Gasteiger partial charge in [0.1, 0.15) is 0 Å². The number of hydrogen-bond acceptors (Lipinski definition) is 2. The van der Waals surface area contributed by atoms with Gasteiger partial charge < -0.3 is 9.47 Å². The van der Waals surface area contributed by atoms with E-state index in [1.165, 1.54) is 30.4 Å². The molecule has 0 spiro atoms. The molecule has 0 saturated carbocycles. The third-order valence-corrected chi connectivity index (χ3v) is 3.96. The first-order valence-electron chi connectivity index (χ1n) is 7.52. The molecule has 1 aliphatic carbocycles. The van der Waals surface area contributed by atoms with Crippen molar-refractivity contribution in [2.24, 2.45) is 5.41 Å². The molecule has 0 saturated heterocycles. The molecule has 0 heterocycles. The zero-order valence-corrected chi connectivity index (χ0v) is 13.5. The van der Waals surface area contributed by atoms with Gasteiger partial charge in [-0.1, -0.05) is 25.5 Å². The van der Waals surface area contributed by atoms with Crippen LogP contribution in [0, 0.1) is 5.41 Å². The Balaban J connectivity index is 2.94. The fourth-order valence-corrected chi connectivity index (χ4v) is 2.96. The fourth-order valence-electron chi connectivity index (χ4n) is 2.96. The summed E-state index contributed by atoms with van der Waals surface area (Å²) in [5.74, 6) is -0.607. The molecule has 2 heteroatoms. The van der Waals surface area contributed by atoms with Crippen LogP contribution in [0.25, 0.3) is 0 Å². The summed E-state index contributed by atoms with van der Waals surface area (Å²) in [5.41, 5.74) is 3.21. The third kappa shape index (κ3) is 4.47. The van der Waals surface area contributed by atoms with E-state index in [0.717, 1.165) is 0 Å². The smallest absolute Gasteiger partial charge is 0.185 e. The highest BCUT2D eigenvalue weighted by Crippen LogP contribution is 2.41. The second-order valence-corrected chi connectivity index (χ2v) is 6.15. The van der Waals surface area contributed by atoms with Crippen molar-refractivity contribution in [3.63, 3.8) is 0 Å². The number of ether oxygens (including phenoxy) is 2. The first-order chi connectivity index (χ1) is 8.84. The monoisotopic (exact) mass is 266 g/mol. The van der Waals surface area contributed by atoms with E-state index in [1.54, 1.807) is 0 Å². The van der Waals surface area contributed by atoms with Crippen molar-refractivity contribution in [2.45, 2.75) is 66.6 Å². The Labute approximate surface area is 118 Å². The third-order valence-electron chi connectivity index (χ3n) is 3.96. The minimum Gasteiger partial charge on any atom is -0.347 e. The Morgan fingerprint density at radius 3 is 2.26 bits per heavy atom. The Kier molecular flexibility index (Phi) is 5.82. The lowest BCUT2D eigenvalue weighted by molar-refractivity contribution is -0.186. The van der Waals surface area contributed by atoms with Gasteiger partial charge in [0.25, 0.3) is 0 Å². The molecule has 0 aromatic heterocycles. The minimum absolute atomic E-state index is 0.262. The molecule has 110 valence electrons. The summed E-state index contributed by atoms with van der Waals surface area (Å²) in [4.78, 5) is 0.